The maximum Gasteiger partial charge on any atom is 0.319 e. The molecule has 1 N–H and O–H groups in total. The van der Waals surface area contributed by atoms with E-state index in [1.807, 2.05) is 0 Å². The zero-order chi connectivity index (χ0) is 11.6. The summed E-state index contributed by atoms with van der Waals surface area (Å²) in [5.41, 5.74) is -1.82. The Kier molecular flexibility index (Phi) is 3.78. The van der Waals surface area contributed by atoms with Crippen molar-refractivity contribution < 1.29 is 27.3 Å². The quantitative estimate of drug-likeness (QED) is 0.506. The molecule has 1 unspecified atom stereocenters. The van der Waals surface area contributed by atoms with E-state index >= 15 is 0 Å². The number of carboxylic acids is 1. The van der Waals surface area contributed by atoms with Crippen LogP contribution in [0.3, 0.4) is 0 Å². The molecule has 0 spiro atoms. The fourth-order valence-electron chi connectivity index (χ4n) is 0.539. The number of aliphatic carboxylic acids is 1. The van der Waals surface area contributed by atoms with Crippen LogP contribution in [0, 0.1) is 5.41 Å². The van der Waals surface area contributed by atoms with Crippen LogP contribution in [0.15, 0.2) is 0 Å². The highest BCUT2D eigenvalue weighted by Crippen LogP contribution is 2.19. The summed E-state index contributed by atoms with van der Waals surface area (Å²) in [5, 5.41) is 8.70. The normalized spacial score (nSPS) is 15.9. The van der Waals surface area contributed by atoms with Gasteiger partial charge in [0.15, 0.2) is 0 Å². The molecule has 0 bridgehead atoms. The van der Waals surface area contributed by atoms with E-state index in [0.717, 1.165) is 20.1 Å². The van der Waals surface area contributed by atoms with Crippen LogP contribution >= 0.6 is 0 Å². The second kappa shape index (κ2) is 4.05. The van der Waals surface area contributed by atoms with Gasteiger partial charge < -0.3 is 5.11 Å². The van der Waals surface area contributed by atoms with Crippen LogP contribution in [0.2, 0.25) is 0 Å². The SMILES string of the molecule is CC(=O)C(C)(COS(C)(=O)=O)C(=O)O. The van der Waals surface area contributed by atoms with Gasteiger partial charge in [0, 0.05) is 0 Å². The molecule has 0 aliphatic heterocycles. The monoisotopic (exact) mass is 224 g/mol. The van der Waals surface area contributed by atoms with Crippen molar-refractivity contribution in [3.63, 3.8) is 0 Å². The Balaban J connectivity index is 4.73. The van der Waals surface area contributed by atoms with E-state index in [-0.39, 0.29) is 0 Å². The number of hydrogen-bond donors (Lipinski definition) is 1. The van der Waals surface area contributed by atoms with Crippen LogP contribution in [-0.4, -0.2) is 38.1 Å². The van der Waals surface area contributed by atoms with E-state index in [4.69, 9.17) is 5.11 Å². The zero-order valence-corrected chi connectivity index (χ0v) is 8.92. The molecule has 0 fully saturated rings. The maximum absolute atomic E-state index is 11.0. The Morgan fingerprint density at radius 3 is 2.07 bits per heavy atom. The van der Waals surface area contributed by atoms with Crippen LogP contribution in [0.4, 0.5) is 0 Å². The van der Waals surface area contributed by atoms with Gasteiger partial charge in [-0.3, -0.25) is 13.8 Å². The lowest BCUT2D eigenvalue weighted by Crippen LogP contribution is -2.39. The summed E-state index contributed by atoms with van der Waals surface area (Å²) in [4.78, 5) is 21.7. The predicted molar refractivity (Wildman–Crippen MR) is 47.2 cm³/mol. The zero-order valence-electron chi connectivity index (χ0n) is 8.10. The average Bonchev–Trinajstić information content (AvgIpc) is 1.97. The molecular formula is C7H12O6S. The van der Waals surface area contributed by atoms with Crippen molar-refractivity contribution >= 4 is 21.9 Å². The lowest BCUT2D eigenvalue weighted by atomic mass is 9.88. The second-order valence-electron chi connectivity index (χ2n) is 3.16. The molecule has 0 saturated heterocycles. The second-order valence-corrected chi connectivity index (χ2v) is 4.80. The first-order valence-electron chi connectivity index (χ1n) is 3.68. The van der Waals surface area contributed by atoms with Gasteiger partial charge in [0.2, 0.25) is 0 Å². The summed E-state index contributed by atoms with van der Waals surface area (Å²) in [6.45, 7) is 1.50. The Labute approximate surface area is 82.0 Å². The molecule has 0 aromatic rings. The molecule has 0 amide bonds. The molecule has 7 heteroatoms. The van der Waals surface area contributed by atoms with Crippen molar-refractivity contribution in [1.29, 1.82) is 0 Å². The third kappa shape index (κ3) is 3.43. The first-order valence-corrected chi connectivity index (χ1v) is 5.50. The molecule has 0 aromatic carbocycles. The van der Waals surface area contributed by atoms with Crippen molar-refractivity contribution in [1.82, 2.24) is 0 Å². The number of ketones is 1. The molecule has 6 nitrogen and oxygen atoms in total. The van der Waals surface area contributed by atoms with Crippen LogP contribution < -0.4 is 0 Å². The van der Waals surface area contributed by atoms with Gasteiger partial charge in [-0.25, -0.2) is 0 Å². The van der Waals surface area contributed by atoms with Crippen molar-refractivity contribution in [2.24, 2.45) is 5.41 Å². The molecule has 0 saturated carbocycles. The topological polar surface area (TPSA) is 97.7 Å². The van der Waals surface area contributed by atoms with E-state index in [1.165, 1.54) is 0 Å². The van der Waals surface area contributed by atoms with Gasteiger partial charge in [-0.2, -0.15) is 8.42 Å². The van der Waals surface area contributed by atoms with E-state index in [0.29, 0.717) is 0 Å². The minimum Gasteiger partial charge on any atom is -0.480 e. The highest BCUT2D eigenvalue weighted by molar-refractivity contribution is 7.85. The van der Waals surface area contributed by atoms with Crippen molar-refractivity contribution in [3.05, 3.63) is 0 Å². The molecule has 82 valence electrons. The summed E-state index contributed by atoms with van der Waals surface area (Å²) in [6, 6.07) is 0. The van der Waals surface area contributed by atoms with Gasteiger partial charge >= 0.3 is 5.97 Å². The molecule has 1 atom stereocenters. The summed E-state index contributed by atoms with van der Waals surface area (Å²) in [7, 11) is -3.74. The standard InChI is InChI=1S/C7H12O6S/c1-5(8)7(2,6(9)10)4-13-14(3,11)12/h4H2,1-3H3,(H,9,10). The number of hydrogen-bond acceptors (Lipinski definition) is 5. The van der Waals surface area contributed by atoms with E-state index < -0.39 is 33.9 Å². The molecule has 0 heterocycles. The lowest BCUT2D eigenvalue weighted by molar-refractivity contribution is -0.154. The van der Waals surface area contributed by atoms with Crippen LogP contribution in [0.1, 0.15) is 13.8 Å². The number of carbonyl (C=O) groups is 2. The van der Waals surface area contributed by atoms with Crippen molar-refractivity contribution in [2.45, 2.75) is 13.8 Å². The summed E-state index contributed by atoms with van der Waals surface area (Å²) >= 11 is 0. The number of carboxylic acid groups (broad SMARTS) is 1. The molecule has 14 heavy (non-hydrogen) atoms. The van der Waals surface area contributed by atoms with Crippen molar-refractivity contribution in [2.75, 3.05) is 12.9 Å². The summed E-state index contributed by atoms with van der Waals surface area (Å²) in [5.74, 6) is -2.07. The Bertz CT molecular complexity index is 327. The lowest BCUT2D eigenvalue weighted by Gasteiger charge is -2.19. The molecule has 0 rings (SSSR count). The third-order valence-electron chi connectivity index (χ3n) is 1.81. The highest BCUT2D eigenvalue weighted by atomic mass is 32.2. The first-order chi connectivity index (χ1) is 6.09. The van der Waals surface area contributed by atoms with Gasteiger partial charge in [-0.15, -0.1) is 0 Å². The summed E-state index contributed by atoms with van der Waals surface area (Å²) in [6.07, 6.45) is 0.787. The Hall–Kier alpha value is -0.950. The average molecular weight is 224 g/mol. The van der Waals surface area contributed by atoms with Crippen LogP contribution in [-0.2, 0) is 23.9 Å². The molecule has 0 aliphatic rings. The van der Waals surface area contributed by atoms with Gasteiger partial charge in [0.05, 0.1) is 12.9 Å². The molecule has 0 radical (unpaired) electrons. The predicted octanol–water partition coefficient (Wildman–Crippen LogP) is -0.358. The van der Waals surface area contributed by atoms with E-state index in [2.05, 4.69) is 4.18 Å². The smallest absolute Gasteiger partial charge is 0.319 e. The largest absolute Gasteiger partial charge is 0.480 e. The summed E-state index contributed by atoms with van der Waals surface area (Å²) < 4.78 is 25.5. The Morgan fingerprint density at radius 1 is 1.43 bits per heavy atom. The molecule has 0 aromatic heterocycles. The van der Waals surface area contributed by atoms with Crippen LogP contribution in [0.25, 0.3) is 0 Å². The third-order valence-corrected chi connectivity index (χ3v) is 2.36. The fourth-order valence-corrected chi connectivity index (χ4v) is 0.989. The van der Waals surface area contributed by atoms with E-state index in [9.17, 15) is 18.0 Å². The van der Waals surface area contributed by atoms with Crippen molar-refractivity contribution in [3.8, 4) is 0 Å². The van der Waals surface area contributed by atoms with Gasteiger partial charge in [0.25, 0.3) is 10.1 Å². The highest BCUT2D eigenvalue weighted by Gasteiger charge is 2.39. The van der Waals surface area contributed by atoms with Crippen LogP contribution in [0.5, 0.6) is 0 Å². The molecular weight excluding hydrogens is 212 g/mol. The number of rotatable bonds is 5. The minimum atomic E-state index is -3.74. The maximum atomic E-state index is 11.0. The fraction of sp³-hybridized carbons (Fsp3) is 0.714. The Morgan fingerprint density at radius 2 is 1.86 bits per heavy atom. The van der Waals surface area contributed by atoms with Gasteiger partial charge in [-0.05, 0) is 13.8 Å². The number of carbonyl (C=O) groups excluding carboxylic acids is 1. The minimum absolute atomic E-state index is 0.659. The number of Topliss-reactive ketones (excluding diaryl/α,β-unsaturated/α-hetero) is 1. The van der Waals surface area contributed by atoms with Gasteiger partial charge in [0.1, 0.15) is 11.2 Å². The molecule has 0 aliphatic carbocycles. The van der Waals surface area contributed by atoms with Gasteiger partial charge in [-0.1, -0.05) is 0 Å². The van der Waals surface area contributed by atoms with E-state index in [1.54, 1.807) is 0 Å². The first kappa shape index (κ1) is 13.1.